The number of nitrogens with zero attached hydrogens (tertiary/aromatic N) is 4. The number of amides is 1. The summed E-state index contributed by atoms with van der Waals surface area (Å²) < 4.78 is 4.99. The van der Waals surface area contributed by atoms with Crippen LogP contribution in [0, 0.1) is 10.1 Å². The monoisotopic (exact) mass is 410 g/mol. The van der Waals surface area contributed by atoms with E-state index in [0.29, 0.717) is 22.0 Å². The van der Waals surface area contributed by atoms with Crippen LogP contribution in [0.25, 0.3) is 22.1 Å². The molecule has 0 spiro atoms. The number of aromatic nitrogens is 4. The number of carbonyl (C=O) groups excluding carboxylic acids is 1. The fraction of sp³-hybridized carbons (Fsp3) is 0.111. The van der Waals surface area contributed by atoms with Crippen molar-refractivity contribution in [1.29, 1.82) is 0 Å². The number of fused-ring (bicyclic) bond motifs is 3. The second kappa shape index (κ2) is 7.72. The van der Waals surface area contributed by atoms with Gasteiger partial charge in [0.05, 0.1) is 17.8 Å². The number of H-pyrrole nitrogens is 1. The summed E-state index contributed by atoms with van der Waals surface area (Å²) in [5.74, 6) is -0.198. The number of para-hydroxylation sites is 1. The minimum atomic E-state index is -0.551. The molecule has 2 N–H and O–H groups in total. The smallest absolute Gasteiger partial charge is 0.311 e. The predicted molar refractivity (Wildman–Crippen MR) is 108 cm³/mol. The molecule has 11 heteroatoms. The molecule has 0 saturated carbocycles. The van der Waals surface area contributed by atoms with Crippen LogP contribution in [0.1, 0.15) is 0 Å². The SMILES string of the molecule is COc1cc(NC(=O)CSc2nnc3c(n2)[nH]c2ccccc23)ccc1[N+](=O)[O-]. The summed E-state index contributed by atoms with van der Waals surface area (Å²) in [5.41, 5.74) is 2.40. The van der Waals surface area contributed by atoms with Crippen molar-refractivity contribution < 1.29 is 14.5 Å². The Bertz CT molecular complexity index is 1240. The molecule has 0 fully saturated rings. The normalized spacial score (nSPS) is 10.9. The van der Waals surface area contributed by atoms with E-state index < -0.39 is 4.92 Å². The number of thioether (sulfide) groups is 1. The van der Waals surface area contributed by atoms with E-state index >= 15 is 0 Å². The highest BCUT2D eigenvalue weighted by molar-refractivity contribution is 7.99. The van der Waals surface area contributed by atoms with Crippen LogP contribution in [-0.4, -0.2) is 43.9 Å². The van der Waals surface area contributed by atoms with Gasteiger partial charge in [0.2, 0.25) is 11.1 Å². The van der Waals surface area contributed by atoms with E-state index in [4.69, 9.17) is 4.74 Å². The number of benzene rings is 2. The summed E-state index contributed by atoms with van der Waals surface area (Å²) in [5, 5.41) is 23.2. The van der Waals surface area contributed by atoms with Crippen LogP contribution in [0.15, 0.2) is 47.6 Å². The van der Waals surface area contributed by atoms with Crippen molar-refractivity contribution in [3.05, 3.63) is 52.6 Å². The van der Waals surface area contributed by atoms with Crippen molar-refractivity contribution >= 4 is 51.1 Å². The van der Waals surface area contributed by atoms with E-state index in [-0.39, 0.29) is 23.1 Å². The number of methoxy groups -OCH3 is 1. The Morgan fingerprint density at radius 2 is 2.10 bits per heavy atom. The number of nitrogens with one attached hydrogen (secondary N) is 2. The van der Waals surface area contributed by atoms with Gasteiger partial charge in [-0.1, -0.05) is 30.0 Å². The zero-order valence-electron chi connectivity index (χ0n) is 15.1. The molecule has 0 bridgehead atoms. The highest BCUT2D eigenvalue weighted by Gasteiger charge is 2.16. The molecule has 1 amide bonds. The number of rotatable bonds is 6. The Hall–Kier alpha value is -3.73. The first-order chi connectivity index (χ1) is 14.0. The Kier molecular flexibility index (Phi) is 4.96. The first-order valence-electron chi connectivity index (χ1n) is 8.41. The van der Waals surface area contributed by atoms with Gasteiger partial charge in [-0.2, -0.15) is 0 Å². The van der Waals surface area contributed by atoms with Gasteiger partial charge in [-0.15, -0.1) is 10.2 Å². The number of carbonyl (C=O) groups is 1. The Labute approximate surface area is 167 Å². The van der Waals surface area contributed by atoms with Gasteiger partial charge in [0.25, 0.3) is 0 Å². The number of aromatic amines is 1. The van der Waals surface area contributed by atoms with Gasteiger partial charge >= 0.3 is 5.69 Å². The third kappa shape index (κ3) is 3.80. The fourth-order valence-corrected chi connectivity index (χ4v) is 3.39. The second-order valence-corrected chi connectivity index (χ2v) is 6.89. The van der Waals surface area contributed by atoms with Gasteiger partial charge in [-0.25, -0.2) is 4.98 Å². The Morgan fingerprint density at radius 3 is 2.90 bits per heavy atom. The number of ether oxygens (including phenoxy) is 1. The molecule has 29 heavy (non-hydrogen) atoms. The summed E-state index contributed by atoms with van der Waals surface area (Å²) >= 11 is 1.13. The predicted octanol–water partition coefficient (Wildman–Crippen LogP) is 3.15. The minimum absolute atomic E-state index is 0.0483. The molecular weight excluding hydrogens is 396 g/mol. The molecule has 146 valence electrons. The average Bonchev–Trinajstić information content (AvgIpc) is 3.09. The molecule has 10 nitrogen and oxygen atoms in total. The van der Waals surface area contributed by atoms with Crippen LogP contribution >= 0.6 is 11.8 Å². The zero-order chi connectivity index (χ0) is 20.4. The van der Waals surface area contributed by atoms with E-state index in [0.717, 1.165) is 22.7 Å². The number of nitro groups is 1. The summed E-state index contributed by atoms with van der Waals surface area (Å²) in [6.07, 6.45) is 0. The third-order valence-electron chi connectivity index (χ3n) is 4.10. The largest absolute Gasteiger partial charge is 0.490 e. The van der Waals surface area contributed by atoms with Crippen LogP contribution in [0.4, 0.5) is 11.4 Å². The van der Waals surface area contributed by atoms with E-state index in [1.54, 1.807) is 0 Å². The lowest BCUT2D eigenvalue weighted by Crippen LogP contribution is -2.14. The Morgan fingerprint density at radius 1 is 1.28 bits per heavy atom. The van der Waals surface area contributed by atoms with Crippen LogP contribution in [-0.2, 0) is 4.79 Å². The topological polar surface area (TPSA) is 136 Å². The van der Waals surface area contributed by atoms with Crippen LogP contribution < -0.4 is 10.1 Å². The third-order valence-corrected chi connectivity index (χ3v) is 4.93. The lowest BCUT2D eigenvalue weighted by molar-refractivity contribution is -0.385. The van der Waals surface area contributed by atoms with Crippen molar-refractivity contribution in [3.63, 3.8) is 0 Å². The summed E-state index contributed by atoms with van der Waals surface area (Å²) in [6.45, 7) is 0. The Balaban J connectivity index is 1.44. The van der Waals surface area contributed by atoms with Gasteiger partial charge in [0, 0.05) is 28.7 Å². The fourth-order valence-electron chi connectivity index (χ4n) is 2.80. The molecular formula is C18H14N6O4S. The lowest BCUT2D eigenvalue weighted by atomic mass is 10.2. The van der Waals surface area contributed by atoms with Gasteiger partial charge in [-0.3, -0.25) is 14.9 Å². The van der Waals surface area contributed by atoms with Crippen LogP contribution in [0.3, 0.4) is 0 Å². The standard InChI is InChI=1S/C18H14N6O4S/c1-28-14-8-10(6-7-13(14)24(26)27)19-15(25)9-29-18-21-17-16(22-23-18)11-4-2-3-5-12(11)20-17/h2-8H,9H2,1H3,(H,19,25)(H,20,21,23). The maximum atomic E-state index is 12.2. The summed E-state index contributed by atoms with van der Waals surface area (Å²) in [4.78, 5) is 30.2. The van der Waals surface area contributed by atoms with Crippen molar-refractivity contribution in [2.75, 3.05) is 18.2 Å². The zero-order valence-corrected chi connectivity index (χ0v) is 15.9. The van der Waals surface area contributed by atoms with Crippen molar-refractivity contribution in [2.24, 2.45) is 0 Å². The van der Waals surface area contributed by atoms with Crippen molar-refractivity contribution in [2.45, 2.75) is 5.16 Å². The molecule has 0 atom stereocenters. The number of hydrogen-bond acceptors (Lipinski definition) is 8. The van der Waals surface area contributed by atoms with Crippen LogP contribution in [0.5, 0.6) is 5.75 Å². The average molecular weight is 410 g/mol. The first kappa shape index (κ1) is 18.6. The molecule has 4 aromatic rings. The lowest BCUT2D eigenvalue weighted by Gasteiger charge is -2.07. The van der Waals surface area contributed by atoms with Crippen molar-refractivity contribution in [1.82, 2.24) is 20.2 Å². The number of hydrogen-bond donors (Lipinski definition) is 2. The molecule has 2 aromatic heterocycles. The molecule has 0 saturated heterocycles. The maximum absolute atomic E-state index is 12.2. The number of nitro benzene ring substituents is 1. The second-order valence-electron chi connectivity index (χ2n) is 5.94. The molecule has 0 aliphatic heterocycles. The summed E-state index contributed by atoms with van der Waals surface area (Å²) in [7, 11) is 1.33. The highest BCUT2D eigenvalue weighted by atomic mass is 32.2. The molecule has 0 aliphatic rings. The quantitative estimate of drug-likeness (QED) is 0.281. The van der Waals surface area contributed by atoms with E-state index in [1.807, 2.05) is 24.3 Å². The van der Waals surface area contributed by atoms with Gasteiger partial charge in [-0.05, 0) is 12.1 Å². The van der Waals surface area contributed by atoms with E-state index in [1.165, 1.54) is 25.3 Å². The number of anilines is 1. The molecule has 2 heterocycles. The highest BCUT2D eigenvalue weighted by Crippen LogP contribution is 2.30. The minimum Gasteiger partial charge on any atom is -0.490 e. The van der Waals surface area contributed by atoms with E-state index in [2.05, 4.69) is 25.5 Å². The van der Waals surface area contributed by atoms with E-state index in [9.17, 15) is 14.9 Å². The van der Waals surface area contributed by atoms with Gasteiger partial charge in [0.15, 0.2) is 11.4 Å². The molecule has 2 aromatic carbocycles. The maximum Gasteiger partial charge on any atom is 0.311 e. The van der Waals surface area contributed by atoms with Gasteiger partial charge < -0.3 is 15.0 Å². The van der Waals surface area contributed by atoms with Crippen LogP contribution in [0.2, 0.25) is 0 Å². The molecule has 0 radical (unpaired) electrons. The molecule has 0 aliphatic carbocycles. The summed E-state index contributed by atoms with van der Waals surface area (Å²) in [6, 6.07) is 11.8. The molecule has 4 rings (SSSR count). The first-order valence-corrected chi connectivity index (χ1v) is 9.40. The van der Waals surface area contributed by atoms with Gasteiger partial charge in [0.1, 0.15) is 5.52 Å². The molecule has 0 unspecified atom stereocenters. The van der Waals surface area contributed by atoms with Crippen molar-refractivity contribution in [3.8, 4) is 5.75 Å².